The van der Waals surface area contributed by atoms with E-state index in [-0.39, 0.29) is 22.6 Å². The minimum atomic E-state index is -0.401. The van der Waals surface area contributed by atoms with Crippen molar-refractivity contribution in [3.63, 3.8) is 0 Å². The van der Waals surface area contributed by atoms with Crippen molar-refractivity contribution in [3.05, 3.63) is 52.6 Å². The fraction of sp³-hybridized carbons (Fsp3) is 0.417. The Balaban J connectivity index is 1.76. The van der Waals surface area contributed by atoms with E-state index in [0.29, 0.717) is 26.2 Å². The standard InChI is InChI=1S/C24H31N3O5/c1-4-9-26(3)23(30)19-12-20(22(29)13-21(19)28)24(31)27-14-16-6-7-18(11-17(16)15-27)32-10-5-8-25-2/h6-7,11-13,25,28-29H,4-5,8-10,14-15H2,1-3H3. The number of hydrogen-bond donors (Lipinski definition) is 3. The summed E-state index contributed by atoms with van der Waals surface area (Å²) in [6.07, 6.45) is 1.66. The van der Waals surface area contributed by atoms with E-state index in [1.165, 1.54) is 11.0 Å². The molecule has 0 spiro atoms. The number of nitrogens with zero attached hydrogens (tertiary/aromatic N) is 2. The molecule has 3 N–H and O–H groups in total. The largest absolute Gasteiger partial charge is 0.507 e. The van der Waals surface area contributed by atoms with Crippen LogP contribution in [0.4, 0.5) is 0 Å². The summed E-state index contributed by atoms with van der Waals surface area (Å²) in [5, 5.41) is 23.6. The maximum Gasteiger partial charge on any atom is 0.258 e. The number of nitrogens with one attached hydrogen (secondary N) is 1. The molecule has 1 aliphatic heterocycles. The Labute approximate surface area is 188 Å². The van der Waals surface area contributed by atoms with Crippen LogP contribution in [0.3, 0.4) is 0 Å². The molecular weight excluding hydrogens is 410 g/mol. The molecule has 172 valence electrons. The lowest BCUT2D eigenvalue weighted by molar-refractivity contribution is 0.0748. The van der Waals surface area contributed by atoms with Gasteiger partial charge < -0.3 is 30.1 Å². The Morgan fingerprint density at radius 3 is 2.53 bits per heavy atom. The molecular formula is C24H31N3O5. The molecule has 0 saturated carbocycles. The van der Waals surface area contributed by atoms with E-state index in [1.807, 2.05) is 32.2 Å². The molecule has 0 radical (unpaired) electrons. The van der Waals surface area contributed by atoms with Crippen molar-refractivity contribution in [2.24, 2.45) is 0 Å². The van der Waals surface area contributed by atoms with Crippen LogP contribution in [-0.4, -0.2) is 65.6 Å². The van der Waals surface area contributed by atoms with Crippen LogP contribution in [0.1, 0.15) is 51.6 Å². The molecule has 0 bridgehead atoms. The zero-order valence-corrected chi connectivity index (χ0v) is 18.9. The number of phenols is 2. The zero-order chi connectivity index (χ0) is 23.3. The van der Waals surface area contributed by atoms with Crippen LogP contribution in [0.2, 0.25) is 0 Å². The predicted molar refractivity (Wildman–Crippen MR) is 121 cm³/mol. The average molecular weight is 442 g/mol. The van der Waals surface area contributed by atoms with Gasteiger partial charge in [-0.15, -0.1) is 0 Å². The first kappa shape index (κ1) is 23.4. The third-order valence-electron chi connectivity index (χ3n) is 5.51. The van der Waals surface area contributed by atoms with Crippen molar-refractivity contribution in [3.8, 4) is 17.2 Å². The molecule has 0 fully saturated rings. The topological polar surface area (TPSA) is 102 Å². The Bertz CT molecular complexity index is 992. The second-order valence-electron chi connectivity index (χ2n) is 8.01. The van der Waals surface area contributed by atoms with Gasteiger partial charge in [-0.1, -0.05) is 13.0 Å². The molecule has 8 nitrogen and oxygen atoms in total. The van der Waals surface area contributed by atoms with Gasteiger partial charge in [-0.05, 0) is 55.8 Å². The van der Waals surface area contributed by atoms with Gasteiger partial charge in [-0.3, -0.25) is 9.59 Å². The number of benzene rings is 2. The van der Waals surface area contributed by atoms with Gasteiger partial charge in [0.05, 0.1) is 17.7 Å². The molecule has 2 amide bonds. The predicted octanol–water partition coefficient (Wildman–Crippen LogP) is 2.72. The normalized spacial score (nSPS) is 12.5. The molecule has 8 heteroatoms. The van der Waals surface area contributed by atoms with Gasteiger partial charge in [0.1, 0.15) is 17.2 Å². The minimum absolute atomic E-state index is 0.00364. The van der Waals surface area contributed by atoms with Crippen LogP contribution in [0.5, 0.6) is 17.2 Å². The van der Waals surface area contributed by atoms with E-state index in [1.54, 1.807) is 11.9 Å². The maximum absolute atomic E-state index is 13.2. The highest BCUT2D eigenvalue weighted by atomic mass is 16.5. The van der Waals surface area contributed by atoms with Crippen molar-refractivity contribution < 1.29 is 24.5 Å². The highest BCUT2D eigenvalue weighted by molar-refractivity contribution is 6.03. The number of fused-ring (bicyclic) bond motifs is 1. The van der Waals surface area contributed by atoms with Gasteiger partial charge >= 0.3 is 0 Å². The summed E-state index contributed by atoms with van der Waals surface area (Å²) in [6.45, 7) is 4.71. The van der Waals surface area contributed by atoms with Crippen LogP contribution >= 0.6 is 0 Å². The third kappa shape index (κ3) is 5.13. The number of carbonyl (C=O) groups excluding carboxylic acids is 2. The zero-order valence-electron chi connectivity index (χ0n) is 18.9. The maximum atomic E-state index is 13.2. The lowest BCUT2D eigenvalue weighted by atomic mass is 10.1. The molecule has 0 atom stereocenters. The van der Waals surface area contributed by atoms with Gasteiger partial charge in [0.2, 0.25) is 0 Å². The van der Waals surface area contributed by atoms with Gasteiger partial charge in [0.25, 0.3) is 11.8 Å². The summed E-state index contributed by atoms with van der Waals surface area (Å²) in [5.41, 5.74) is 1.99. The van der Waals surface area contributed by atoms with Crippen LogP contribution in [0.15, 0.2) is 30.3 Å². The van der Waals surface area contributed by atoms with E-state index < -0.39 is 11.8 Å². The van der Waals surface area contributed by atoms with Crippen molar-refractivity contribution in [2.75, 3.05) is 33.8 Å². The lowest BCUT2D eigenvalue weighted by Crippen LogP contribution is -2.29. The number of aromatic hydroxyl groups is 2. The van der Waals surface area contributed by atoms with Crippen molar-refractivity contribution >= 4 is 11.8 Å². The highest BCUT2D eigenvalue weighted by Gasteiger charge is 2.28. The molecule has 1 heterocycles. The molecule has 0 aromatic heterocycles. The van der Waals surface area contributed by atoms with E-state index in [0.717, 1.165) is 42.3 Å². The lowest BCUT2D eigenvalue weighted by Gasteiger charge is -2.20. The van der Waals surface area contributed by atoms with Gasteiger partial charge in [0.15, 0.2) is 0 Å². The van der Waals surface area contributed by atoms with Crippen molar-refractivity contribution in [1.82, 2.24) is 15.1 Å². The SMILES string of the molecule is CCCN(C)C(=O)c1cc(C(=O)N2Cc3ccc(OCCCNC)cc3C2)c(O)cc1O. The second-order valence-corrected chi connectivity index (χ2v) is 8.01. The minimum Gasteiger partial charge on any atom is -0.507 e. The summed E-state index contributed by atoms with van der Waals surface area (Å²) in [7, 11) is 3.53. The first-order valence-corrected chi connectivity index (χ1v) is 10.9. The summed E-state index contributed by atoms with van der Waals surface area (Å²) in [4.78, 5) is 28.9. The number of phenolic OH excluding ortho intramolecular Hbond substituents is 2. The summed E-state index contributed by atoms with van der Waals surface area (Å²) < 4.78 is 5.78. The third-order valence-corrected chi connectivity index (χ3v) is 5.51. The number of rotatable bonds is 9. The Kier molecular flexibility index (Phi) is 7.58. The van der Waals surface area contributed by atoms with Gasteiger partial charge in [0, 0.05) is 32.7 Å². The molecule has 2 aromatic rings. The van der Waals surface area contributed by atoms with E-state index in [9.17, 15) is 19.8 Å². The molecule has 0 aliphatic carbocycles. The highest BCUT2D eigenvalue weighted by Crippen LogP contribution is 2.33. The Morgan fingerprint density at radius 2 is 1.81 bits per heavy atom. The van der Waals surface area contributed by atoms with Gasteiger partial charge in [-0.2, -0.15) is 0 Å². The van der Waals surface area contributed by atoms with E-state index >= 15 is 0 Å². The number of ether oxygens (including phenoxy) is 1. The van der Waals surface area contributed by atoms with Crippen LogP contribution < -0.4 is 10.1 Å². The molecule has 32 heavy (non-hydrogen) atoms. The van der Waals surface area contributed by atoms with Crippen LogP contribution in [0, 0.1) is 0 Å². The van der Waals surface area contributed by atoms with Crippen LogP contribution in [-0.2, 0) is 13.1 Å². The van der Waals surface area contributed by atoms with Crippen LogP contribution in [0.25, 0.3) is 0 Å². The molecule has 0 saturated heterocycles. The first-order valence-electron chi connectivity index (χ1n) is 10.9. The van der Waals surface area contributed by atoms with Crippen molar-refractivity contribution in [1.29, 1.82) is 0 Å². The number of carbonyl (C=O) groups is 2. The quantitative estimate of drug-likeness (QED) is 0.517. The fourth-order valence-corrected chi connectivity index (χ4v) is 3.78. The molecule has 0 unspecified atom stereocenters. The first-order chi connectivity index (χ1) is 15.3. The summed E-state index contributed by atoms with van der Waals surface area (Å²) in [5.74, 6) is -0.748. The van der Waals surface area contributed by atoms with Gasteiger partial charge in [-0.25, -0.2) is 0 Å². The molecule has 2 aromatic carbocycles. The monoisotopic (exact) mass is 441 g/mol. The van der Waals surface area contributed by atoms with E-state index in [2.05, 4.69) is 5.32 Å². The number of amides is 2. The average Bonchev–Trinajstić information content (AvgIpc) is 3.19. The smallest absolute Gasteiger partial charge is 0.258 e. The van der Waals surface area contributed by atoms with Crippen molar-refractivity contribution in [2.45, 2.75) is 32.9 Å². The Morgan fingerprint density at radius 1 is 1.09 bits per heavy atom. The summed E-state index contributed by atoms with van der Waals surface area (Å²) >= 11 is 0. The fourth-order valence-electron chi connectivity index (χ4n) is 3.78. The number of hydrogen-bond acceptors (Lipinski definition) is 6. The van der Waals surface area contributed by atoms with E-state index in [4.69, 9.17) is 4.74 Å². The molecule has 3 rings (SSSR count). The Hall–Kier alpha value is -3.26. The molecule has 1 aliphatic rings. The second kappa shape index (κ2) is 10.4. The summed E-state index contributed by atoms with van der Waals surface area (Å²) in [6, 6.07) is 8.11.